The lowest BCUT2D eigenvalue weighted by molar-refractivity contribution is -0.137. The number of anilines is 1. The molecule has 0 aliphatic carbocycles. The average molecular weight is 508 g/mol. The van der Waals surface area contributed by atoms with Gasteiger partial charge in [-0.15, -0.1) is 11.8 Å². The molecule has 11 heteroatoms. The molecule has 3 rings (SSSR count). The summed E-state index contributed by atoms with van der Waals surface area (Å²) in [6.45, 7) is 1.36. The molecule has 0 aromatic heterocycles. The van der Waals surface area contributed by atoms with Gasteiger partial charge in [0, 0.05) is 18.4 Å². The molecule has 1 aliphatic rings. The number of halogens is 2. The van der Waals surface area contributed by atoms with Crippen molar-refractivity contribution in [1.29, 1.82) is 0 Å². The first-order valence-corrected chi connectivity index (χ1v) is 11.5. The quantitative estimate of drug-likeness (QED) is 0.513. The van der Waals surface area contributed by atoms with Gasteiger partial charge >= 0.3 is 5.97 Å². The van der Waals surface area contributed by atoms with Gasteiger partial charge in [-0.05, 0) is 35.9 Å². The van der Waals surface area contributed by atoms with Crippen LogP contribution in [0, 0.1) is 0 Å². The maximum absolute atomic E-state index is 12.5. The molecule has 3 amide bonds. The Balaban J connectivity index is 1.72. The number of carboxylic acid groups (broad SMARTS) is 1. The minimum absolute atomic E-state index is 0.144. The number of carbonyl (C=O) groups excluding carboxylic acids is 3. The molecule has 3 N–H and O–H groups in total. The molecule has 2 aromatic carbocycles. The van der Waals surface area contributed by atoms with E-state index in [0.717, 1.165) is 0 Å². The van der Waals surface area contributed by atoms with E-state index in [9.17, 15) is 24.3 Å². The second-order valence-electron chi connectivity index (χ2n) is 7.03. The summed E-state index contributed by atoms with van der Waals surface area (Å²) in [7, 11) is 0. The SMILES string of the molecule is CC(=O)N1CSC[C@@H]1C(=O)N/C(=C\c1ccc(NC(=O)c2c(Cl)cccc2Cl)cc1)C(=O)O. The fourth-order valence-electron chi connectivity index (χ4n) is 3.08. The summed E-state index contributed by atoms with van der Waals surface area (Å²) in [4.78, 5) is 49.7. The first-order chi connectivity index (χ1) is 15.7. The van der Waals surface area contributed by atoms with Crippen molar-refractivity contribution in [3.05, 3.63) is 69.3 Å². The summed E-state index contributed by atoms with van der Waals surface area (Å²) >= 11 is 13.5. The lowest BCUT2D eigenvalue weighted by Gasteiger charge is -2.21. The minimum Gasteiger partial charge on any atom is -0.477 e. The number of benzene rings is 2. The summed E-state index contributed by atoms with van der Waals surface area (Å²) in [5.74, 6) is -1.86. The largest absolute Gasteiger partial charge is 0.477 e. The van der Waals surface area contributed by atoms with Crippen LogP contribution < -0.4 is 10.6 Å². The Morgan fingerprint density at radius 1 is 1.09 bits per heavy atom. The number of rotatable bonds is 6. The monoisotopic (exact) mass is 507 g/mol. The average Bonchev–Trinajstić information content (AvgIpc) is 3.25. The highest BCUT2D eigenvalue weighted by atomic mass is 35.5. The van der Waals surface area contributed by atoms with Crippen LogP contribution in [0.2, 0.25) is 10.0 Å². The van der Waals surface area contributed by atoms with Gasteiger partial charge in [-0.25, -0.2) is 4.79 Å². The van der Waals surface area contributed by atoms with Crippen LogP contribution in [0.25, 0.3) is 6.08 Å². The van der Waals surface area contributed by atoms with Gasteiger partial charge < -0.3 is 20.6 Å². The van der Waals surface area contributed by atoms with E-state index in [-0.39, 0.29) is 27.2 Å². The van der Waals surface area contributed by atoms with E-state index in [1.54, 1.807) is 42.5 Å². The summed E-state index contributed by atoms with van der Waals surface area (Å²) < 4.78 is 0. The highest BCUT2D eigenvalue weighted by Gasteiger charge is 2.33. The van der Waals surface area contributed by atoms with Crippen molar-refractivity contribution in [3.8, 4) is 0 Å². The van der Waals surface area contributed by atoms with E-state index in [2.05, 4.69) is 10.6 Å². The van der Waals surface area contributed by atoms with Gasteiger partial charge in [-0.2, -0.15) is 0 Å². The first kappa shape index (κ1) is 24.6. The number of carbonyl (C=O) groups is 4. The number of nitrogens with one attached hydrogen (secondary N) is 2. The number of nitrogens with zero attached hydrogens (tertiary/aromatic N) is 1. The second kappa shape index (κ2) is 10.7. The molecular formula is C22H19Cl2N3O5S. The van der Waals surface area contributed by atoms with E-state index in [1.807, 2.05) is 0 Å². The van der Waals surface area contributed by atoms with Gasteiger partial charge in [0.1, 0.15) is 11.7 Å². The van der Waals surface area contributed by atoms with Crippen molar-refractivity contribution in [2.75, 3.05) is 16.9 Å². The summed E-state index contributed by atoms with van der Waals surface area (Å²) in [6.07, 6.45) is 1.29. The molecule has 2 aromatic rings. The zero-order chi connectivity index (χ0) is 24.1. The molecular weight excluding hydrogens is 489 g/mol. The van der Waals surface area contributed by atoms with Gasteiger partial charge in [0.25, 0.3) is 5.91 Å². The van der Waals surface area contributed by atoms with Crippen molar-refractivity contribution in [2.45, 2.75) is 13.0 Å². The molecule has 172 valence electrons. The van der Waals surface area contributed by atoms with Crippen molar-refractivity contribution >= 4 is 70.4 Å². The Bertz CT molecular complexity index is 1120. The molecule has 0 radical (unpaired) electrons. The number of hydrogen-bond donors (Lipinski definition) is 3. The molecule has 0 unspecified atom stereocenters. The van der Waals surface area contributed by atoms with Crippen molar-refractivity contribution < 1.29 is 24.3 Å². The van der Waals surface area contributed by atoms with Crippen LogP contribution in [-0.2, 0) is 14.4 Å². The third kappa shape index (κ3) is 6.07. The molecule has 33 heavy (non-hydrogen) atoms. The number of aliphatic carboxylic acids is 1. The highest BCUT2D eigenvalue weighted by Crippen LogP contribution is 2.25. The van der Waals surface area contributed by atoms with Crippen LogP contribution in [0.5, 0.6) is 0 Å². The fraction of sp³-hybridized carbons (Fsp3) is 0.182. The molecule has 8 nitrogen and oxygen atoms in total. The fourth-order valence-corrected chi connectivity index (χ4v) is 4.86. The normalized spacial score (nSPS) is 15.8. The molecule has 1 saturated heterocycles. The van der Waals surface area contributed by atoms with E-state index < -0.39 is 23.8 Å². The van der Waals surface area contributed by atoms with Gasteiger partial charge in [-0.1, -0.05) is 41.4 Å². The maximum Gasteiger partial charge on any atom is 0.352 e. The summed E-state index contributed by atoms with van der Waals surface area (Å²) in [6, 6.07) is 10.3. The highest BCUT2D eigenvalue weighted by molar-refractivity contribution is 7.99. The first-order valence-electron chi connectivity index (χ1n) is 9.63. The lowest BCUT2D eigenvalue weighted by atomic mass is 10.1. The lowest BCUT2D eigenvalue weighted by Crippen LogP contribution is -2.46. The second-order valence-corrected chi connectivity index (χ2v) is 8.84. The standard InChI is InChI=1S/C22H19Cl2N3O5S/c1-12(28)27-11-33-10-18(27)20(29)26-17(22(31)32)9-13-5-7-14(8-6-13)25-21(30)19-15(23)3-2-4-16(19)24/h2-9,18H,10-11H2,1H3,(H,25,30)(H,26,29)(H,31,32)/b17-9-/t18-/m1/s1. The minimum atomic E-state index is -1.32. The molecule has 0 saturated carbocycles. The summed E-state index contributed by atoms with van der Waals surface area (Å²) in [5.41, 5.74) is 0.727. The summed E-state index contributed by atoms with van der Waals surface area (Å²) in [5, 5.41) is 15.0. The van der Waals surface area contributed by atoms with Crippen LogP contribution in [0.15, 0.2) is 48.2 Å². The van der Waals surface area contributed by atoms with E-state index in [4.69, 9.17) is 23.2 Å². The third-order valence-electron chi connectivity index (χ3n) is 4.75. The maximum atomic E-state index is 12.5. The molecule has 1 aliphatic heterocycles. The van der Waals surface area contributed by atoms with Crippen LogP contribution >= 0.6 is 35.0 Å². The number of carboxylic acids is 1. The van der Waals surface area contributed by atoms with Crippen LogP contribution in [-0.4, -0.2) is 51.4 Å². The van der Waals surface area contributed by atoms with Gasteiger partial charge in [0.05, 0.1) is 21.5 Å². The van der Waals surface area contributed by atoms with Gasteiger partial charge in [0.2, 0.25) is 11.8 Å². The Hall–Kier alpha value is -3.01. The van der Waals surface area contributed by atoms with Crippen LogP contribution in [0.1, 0.15) is 22.8 Å². The number of amides is 3. The number of hydrogen-bond acceptors (Lipinski definition) is 5. The smallest absolute Gasteiger partial charge is 0.352 e. The van der Waals surface area contributed by atoms with Gasteiger partial charge in [-0.3, -0.25) is 14.4 Å². The van der Waals surface area contributed by atoms with Crippen molar-refractivity contribution in [2.24, 2.45) is 0 Å². The van der Waals surface area contributed by atoms with E-state index in [0.29, 0.717) is 22.9 Å². The zero-order valence-corrected chi connectivity index (χ0v) is 19.6. The molecule has 0 spiro atoms. The molecule has 0 bridgehead atoms. The molecule has 1 fully saturated rings. The predicted octanol–water partition coefficient (Wildman–Crippen LogP) is 3.71. The van der Waals surface area contributed by atoms with Crippen LogP contribution in [0.3, 0.4) is 0 Å². The zero-order valence-electron chi connectivity index (χ0n) is 17.3. The third-order valence-corrected chi connectivity index (χ3v) is 6.39. The predicted molar refractivity (Wildman–Crippen MR) is 128 cm³/mol. The number of thioether (sulfide) groups is 1. The van der Waals surface area contributed by atoms with Crippen LogP contribution in [0.4, 0.5) is 5.69 Å². The van der Waals surface area contributed by atoms with Crippen molar-refractivity contribution in [1.82, 2.24) is 10.2 Å². The Morgan fingerprint density at radius 2 is 1.73 bits per heavy atom. The molecule has 1 atom stereocenters. The van der Waals surface area contributed by atoms with Gasteiger partial charge in [0.15, 0.2) is 0 Å². The Labute approximate surface area is 203 Å². The van der Waals surface area contributed by atoms with Crippen molar-refractivity contribution in [3.63, 3.8) is 0 Å². The molecule has 1 heterocycles. The van der Waals surface area contributed by atoms with E-state index >= 15 is 0 Å². The Morgan fingerprint density at radius 3 is 2.30 bits per heavy atom. The topological polar surface area (TPSA) is 116 Å². The van der Waals surface area contributed by atoms with E-state index in [1.165, 1.54) is 29.7 Å². The Kier molecular flexibility index (Phi) is 8.01.